The molecule has 1 atom stereocenters. The lowest BCUT2D eigenvalue weighted by Gasteiger charge is -2.17. The van der Waals surface area contributed by atoms with Gasteiger partial charge in [0.2, 0.25) is 0 Å². The van der Waals surface area contributed by atoms with Crippen molar-refractivity contribution < 1.29 is 4.74 Å². The summed E-state index contributed by atoms with van der Waals surface area (Å²) in [5, 5.41) is 8.99. The predicted molar refractivity (Wildman–Crippen MR) is 64.2 cm³/mol. The minimum Gasteiger partial charge on any atom is -0.496 e. The van der Waals surface area contributed by atoms with Crippen LogP contribution in [0.5, 0.6) is 5.75 Å². The minimum atomic E-state index is -0.156. The standard InChI is InChI=1S/C12H14BrNO/c1-7-5-10(13)9(3)11(8(2)6-14)12(7)15-4/h5,8H,1-4H3. The van der Waals surface area contributed by atoms with Crippen molar-refractivity contribution in [2.45, 2.75) is 26.7 Å². The predicted octanol–water partition coefficient (Wildman–Crippen LogP) is 3.70. The molecular formula is C12H14BrNO. The molecule has 0 saturated carbocycles. The summed E-state index contributed by atoms with van der Waals surface area (Å²) in [6.07, 6.45) is 0. The zero-order valence-electron chi connectivity index (χ0n) is 9.39. The highest BCUT2D eigenvalue weighted by Gasteiger charge is 2.17. The Balaban J connectivity index is 3.52. The van der Waals surface area contributed by atoms with Gasteiger partial charge in [-0.1, -0.05) is 15.9 Å². The van der Waals surface area contributed by atoms with Gasteiger partial charge < -0.3 is 4.74 Å². The smallest absolute Gasteiger partial charge is 0.126 e. The average Bonchev–Trinajstić information content (AvgIpc) is 2.21. The average molecular weight is 268 g/mol. The van der Waals surface area contributed by atoms with Crippen molar-refractivity contribution in [1.82, 2.24) is 0 Å². The highest BCUT2D eigenvalue weighted by Crippen LogP contribution is 2.36. The van der Waals surface area contributed by atoms with Crippen LogP contribution >= 0.6 is 15.9 Å². The molecule has 2 nitrogen and oxygen atoms in total. The van der Waals surface area contributed by atoms with E-state index in [1.807, 2.05) is 26.8 Å². The number of rotatable bonds is 2. The summed E-state index contributed by atoms with van der Waals surface area (Å²) in [6, 6.07) is 4.27. The van der Waals surface area contributed by atoms with E-state index in [-0.39, 0.29) is 5.92 Å². The Hall–Kier alpha value is -1.01. The largest absolute Gasteiger partial charge is 0.496 e. The van der Waals surface area contributed by atoms with Gasteiger partial charge in [-0.15, -0.1) is 0 Å². The van der Waals surface area contributed by atoms with Crippen LogP contribution < -0.4 is 4.74 Å². The lowest BCUT2D eigenvalue weighted by Crippen LogP contribution is -2.01. The van der Waals surface area contributed by atoms with E-state index in [4.69, 9.17) is 10.00 Å². The molecule has 1 aromatic carbocycles. The van der Waals surface area contributed by atoms with Crippen molar-refractivity contribution in [3.8, 4) is 11.8 Å². The summed E-state index contributed by atoms with van der Waals surface area (Å²) in [6.45, 7) is 5.86. The quantitative estimate of drug-likeness (QED) is 0.819. The molecule has 3 heteroatoms. The van der Waals surface area contributed by atoms with Crippen molar-refractivity contribution >= 4 is 15.9 Å². The van der Waals surface area contributed by atoms with Crippen LogP contribution in [0.25, 0.3) is 0 Å². The van der Waals surface area contributed by atoms with Crippen LogP contribution in [0.2, 0.25) is 0 Å². The second kappa shape index (κ2) is 4.67. The number of methoxy groups -OCH3 is 1. The Kier molecular flexibility index (Phi) is 3.76. The van der Waals surface area contributed by atoms with E-state index < -0.39 is 0 Å². The Morgan fingerprint density at radius 1 is 1.47 bits per heavy atom. The van der Waals surface area contributed by atoms with Crippen LogP contribution in [0.3, 0.4) is 0 Å². The molecule has 0 aliphatic heterocycles. The molecule has 0 heterocycles. The van der Waals surface area contributed by atoms with E-state index >= 15 is 0 Å². The van der Waals surface area contributed by atoms with Crippen LogP contribution in [-0.4, -0.2) is 7.11 Å². The summed E-state index contributed by atoms with van der Waals surface area (Å²) in [5.41, 5.74) is 3.10. The second-order valence-corrected chi connectivity index (χ2v) is 4.45. The number of hydrogen-bond acceptors (Lipinski definition) is 2. The van der Waals surface area contributed by atoms with Crippen LogP contribution in [0, 0.1) is 25.2 Å². The van der Waals surface area contributed by atoms with Gasteiger partial charge in [0.05, 0.1) is 19.1 Å². The van der Waals surface area contributed by atoms with E-state index in [2.05, 4.69) is 22.0 Å². The van der Waals surface area contributed by atoms with Gasteiger partial charge in [-0.25, -0.2) is 0 Å². The van der Waals surface area contributed by atoms with Crippen LogP contribution in [0.1, 0.15) is 29.5 Å². The SMILES string of the molecule is COc1c(C)cc(Br)c(C)c1C(C)C#N. The maximum absolute atomic E-state index is 8.99. The van der Waals surface area contributed by atoms with Gasteiger partial charge in [-0.3, -0.25) is 0 Å². The van der Waals surface area contributed by atoms with Crippen molar-refractivity contribution in [1.29, 1.82) is 5.26 Å². The van der Waals surface area contributed by atoms with Crippen LogP contribution in [-0.2, 0) is 0 Å². The summed E-state index contributed by atoms with van der Waals surface area (Å²) in [5.74, 6) is 0.667. The monoisotopic (exact) mass is 267 g/mol. The molecule has 80 valence electrons. The van der Waals surface area contributed by atoms with E-state index in [9.17, 15) is 0 Å². The van der Waals surface area contributed by atoms with Gasteiger partial charge in [-0.05, 0) is 38.0 Å². The van der Waals surface area contributed by atoms with E-state index in [0.717, 1.165) is 26.9 Å². The third kappa shape index (κ3) is 2.15. The minimum absolute atomic E-state index is 0.156. The zero-order valence-corrected chi connectivity index (χ0v) is 11.0. The van der Waals surface area contributed by atoms with Gasteiger partial charge in [0, 0.05) is 10.0 Å². The molecular weight excluding hydrogens is 254 g/mol. The molecule has 0 radical (unpaired) electrons. The van der Waals surface area contributed by atoms with Crippen LogP contribution in [0.15, 0.2) is 10.5 Å². The molecule has 0 spiro atoms. The van der Waals surface area contributed by atoms with Gasteiger partial charge in [0.1, 0.15) is 5.75 Å². The fraction of sp³-hybridized carbons (Fsp3) is 0.417. The fourth-order valence-electron chi connectivity index (χ4n) is 1.73. The molecule has 0 N–H and O–H groups in total. The number of halogens is 1. The fourth-order valence-corrected chi connectivity index (χ4v) is 2.29. The zero-order chi connectivity index (χ0) is 11.6. The first-order valence-corrected chi connectivity index (χ1v) is 5.55. The lowest BCUT2D eigenvalue weighted by atomic mass is 9.94. The van der Waals surface area contributed by atoms with Gasteiger partial charge in [-0.2, -0.15) is 5.26 Å². The van der Waals surface area contributed by atoms with Crippen molar-refractivity contribution in [2.24, 2.45) is 0 Å². The topological polar surface area (TPSA) is 33.0 Å². The maximum atomic E-state index is 8.99. The molecule has 1 aromatic rings. The van der Waals surface area contributed by atoms with Crippen molar-refractivity contribution in [3.05, 3.63) is 27.2 Å². The van der Waals surface area contributed by atoms with E-state index in [0.29, 0.717) is 0 Å². The Morgan fingerprint density at radius 3 is 2.53 bits per heavy atom. The third-order valence-electron chi connectivity index (χ3n) is 2.54. The molecule has 1 unspecified atom stereocenters. The molecule has 0 aliphatic carbocycles. The Bertz CT molecular complexity index is 421. The second-order valence-electron chi connectivity index (χ2n) is 3.60. The first kappa shape index (κ1) is 12.1. The summed E-state index contributed by atoms with van der Waals surface area (Å²) in [4.78, 5) is 0. The number of benzene rings is 1. The first-order chi connectivity index (χ1) is 7.02. The Labute approximate surface area is 99.0 Å². The number of nitriles is 1. The highest BCUT2D eigenvalue weighted by molar-refractivity contribution is 9.10. The first-order valence-electron chi connectivity index (χ1n) is 4.76. The van der Waals surface area contributed by atoms with E-state index in [1.165, 1.54) is 0 Å². The molecule has 1 rings (SSSR count). The Morgan fingerprint density at radius 2 is 2.07 bits per heavy atom. The lowest BCUT2D eigenvalue weighted by molar-refractivity contribution is 0.405. The summed E-state index contributed by atoms with van der Waals surface area (Å²) >= 11 is 3.49. The molecule has 15 heavy (non-hydrogen) atoms. The summed E-state index contributed by atoms with van der Waals surface area (Å²) in [7, 11) is 1.64. The van der Waals surface area contributed by atoms with Crippen molar-refractivity contribution in [3.63, 3.8) is 0 Å². The van der Waals surface area contributed by atoms with Gasteiger partial charge in [0.25, 0.3) is 0 Å². The summed E-state index contributed by atoms with van der Waals surface area (Å²) < 4.78 is 6.39. The number of nitrogens with zero attached hydrogens (tertiary/aromatic N) is 1. The highest BCUT2D eigenvalue weighted by atomic mass is 79.9. The molecule has 0 aromatic heterocycles. The van der Waals surface area contributed by atoms with Gasteiger partial charge in [0.15, 0.2) is 0 Å². The number of aryl methyl sites for hydroxylation is 1. The number of ether oxygens (including phenoxy) is 1. The molecule has 0 saturated heterocycles. The maximum Gasteiger partial charge on any atom is 0.126 e. The normalized spacial score (nSPS) is 12.0. The number of hydrogen-bond donors (Lipinski definition) is 0. The van der Waals surface area contributed by atoms with Crippen molar-refractivity contribution in [2.75, 3.05) is 7.11 Å². The molecule has 0 aliphatic rings. The van der Waals surface area contributed by atoms with Crippen LogP contribution in [0.4, 0.5) is 0 Å². The van der Waals surface area contributed by atoms with Gasteiger partial charge >= 0.3 is 0 Å². The van der Waals surface area contributed by atoms with E-state index in [1.54, 1.807) is 7.11 Å². The third-order valence-corrected chi connectivity index (χ3v) is 3.36. The molecule has 0 bridgehead atoms. The molecule has 0 amide bonds. The molecule has 0 fully saturated rings.